The number of anilines is 1. The molecule has 36 heavy (non-hydrogen) atoms. The molecule has 2 atom stereocenters. The van der Waals surface area contributed by atoms with Crippen LogP contribution in [0.1, 0.15) is 57.7 Å². The topological polar surface area (TPSA) is 97.0 Å². The largest absolute Gasteiger partial charge is 0.497 e. The SMILES string of the molecule is C#Cc1ccc(C(C(=O)Nc2ccc(OC)cc2)N(C(=O)C(C)NC(=O)OC(C)(C)C)C2CC2)cc1. The van der Waals surface area contributed by atoms with Gasteiger partial charge in [0.25, 0.3) is 5.91 Å². The molecule has 1 fully saturated rings. The molecule has 2 N–H and O–H groups in total. The van der Waals surface area contributed by atoms with E-state index in [-0.39, 0.29) is 17.9 Å². The van der Waals surface area contributed by atoms with Crippen LogP contribution in [0.4, 0.5) is 10.5 Å². The van der Waals surface area contributed by atoms with Crippen LogP contribution in [-0.2, 0) is 14.3 Å². The normalized spacial score (nSPS) is 14.6. The Hall–Kier alpha value is -3.99. The Morgan fingerprint density at radius 2 is 1.67 bits per heavy atom. The Labute approximate surface area is 212 Å². The summed E-state index contributed by atoms with van der Waals surface area (Å²) in [5, 5.41) is 5.51. The van der Waals surface area contributed by atoms with Crippen molar-refractivity contribution in [2.75, 3.05) is 12.4 Å². The number of terminal acetylenes is 1. The molecule has 0 spiro atoms. The van der Waals surface area contributed by atoms with E-state index in [4.69, 9.17) is 15.9 Å². The average Bonchev–Trinajstić information content (AvgIpc) is 3.66. The van der Waals surface area contributed by atoms with Gasteiger partial charge in [0, 0.05) is 17.3 Å². The second kappa shape index (κ2) is 11.2. The van der Waals surface area contributed by atoms with Gasteiger partial charge in [-0.15, -0.1) is 6.42 Å². The first-order chi connectivity index (χ1) is 17.0. The van der Waals surface area contributed by atoms with Gasteiger partial charge < -0.3 is 25.0 Å². The second-order valence-corrected chi connectivity index (χ2v) is 9.73. The smallest absolute Gasteiger partial charge is 0.408 e. The summed E-state index contributed by atoms with van der Waals surface area (Å²) >= 11 is 0. The van der Waals surface area contributed by atoms with E-state index in [0.29, 0.717) is 22.6 Å². The lowest BCUT2D eigenvalue weighted by atomic mass is 10.0. The number of carbonyl (C=O) groups is 3. The summed E-state index contributed by atoms with van der Waals surface area (Å²) in [7, 11) is 1.56. The third kappa shape index (κ3) is 7.01. The molecule has 0 aromatic heterocycles. The van der Waals surface area contributed by atoms with Gasteiger partial charge in [-0.25, -0.2) is 4.79 Å². The molecule has 0 radical (unpaired) electrons. The Morgan fingerprint density at radius 3 is 2.17 bits per heavy atom. The van der Waals surface area contributed by atoms with Crippen molar-refractivity contribution in [3.8, 4) is 18.1 Å². The van der Waals surface area contributed by atoms with Gasteiger partial charge in [0.15, 0.2) is 0 Å². The third-order valence-corrected chi connectivity index (χ3v) is 5.58. The average molecular weight is 492 g/mol. The number of ether oxygens (including phenoxy) is 2. The van der Waals surface area contributed by atoms with E-state index in [2.05, 4.69) is 16.6 Å². The van der Waals surface area contributed by atoms with Gasteiger partial charge in [0.1, 0.15) is 23.4 Å². The van der Waals surface area contributed by atoms with Crippen LogP contribution in [-0.4, -0.2) is 47.6 Å². The lowest BCUT2D eigenvalue weighted by Crippen LogP contribution is -2.52. The van der Waals surface area contributed by atoms with E-state index in [0.717, 1.165) is 12.8 Å². The summed E-state index contributed by atoms with van der Waals surface area (Å²) < 4.78 is 10.5. The van der Waals surface area contributed by atoms with Gasteiger partial charge in [-0.3, -0.25) is 9.59 Å². The van der Waals surface area contributed by atoms with Crippen LogP contribution in [0, 0.1) is 12.3 Å². The van der Waals surface area contributed by atoms with E-state index in [1.807, 2.05) is 0 Å². The molecule has 2 unspecified atom stereocenters. The van der Waals surface area contributed by atoms with Gasteiger partial charge >= 0.3 is 6.09 Å². The summed E-state index contributed by atoms with van der Waals surface area (Å²) in [5.41, 5.74) is 1.14. The van der Waals surface area contributed by atoms with E-state index < -0.39 is 23.8 Å². The summed E-state index contributed by atoms with van der Waals surface area (Å²) in [6.45, 7) is 6.82. The monoisotopic (exact) mass is 491 g/mol. The highest BCUT2D eigenvalue weighted by molar-refractivity contribution is 5.99. The molecule has 0 saturated heterocycles. The molecule has 190 valence electrons. The van der Waals surface area contributed by atoms with E-state index >= 15 is 0 Å². The van der Waals surface area contributed by atoms with Crippen LogP contribution in [0.2, 0.25) is 0 Å². The molecule has 1 saturated carbocycles. The molecule has 2 aromatic rings. The Balaban J connectivity index is 1.90. The molecule has 3 rings (SSSR count). The zero-order valence-corrected chi connectivity index (χ0v) is 21.3. The summed E-state index contributed by atoms with van der Waals surface area (Å²) in [5.74, 6) is 2.47. The summed E-state index contributed by atoms with van der Waals surface area (Å²) in [6, 6.07) is 12.0. The minimum atomic E-state index is -0.929. The fraction of sp³-hybridized carbons (Fsp3) is 0.393. The standard InChI is InChI=1S/C28H33N3O5/c1-7-19-8-10-20(11-9-19)24(25(32)30-21-12-16-23(35-6)17-13-21)31(22-14-15-22)26(33)18(2)29-27(34)36-28(3,4)5/h1,8-13,16-18,22,24H,14-15H2,2-6H3,(H,29,34)(H,30,32). The van der Waals surface area contributed by atoms with Crippen molar-refractivity contribution in [1.29, 1.82) is 0 Å². The third-order valence-electron chi connectivity index (χ3n) is 5.58. The van der Waals surface area contributed by atoms with Crippen LogP contribution in [0.25, 0.3) is 0 Å². The number of benzene rings is 2. The zero-order chi connectivity index (χ0) is 26.5. The van der Waals surface area contributed by atoms with E-state index in [9.17, 15) is 14.4 Å². The van der Waals surface area contributed by atoms with Crippen molar-refractivity contribution in [1.82, 2.24) is 10.2 Å². The molecule has 0 bridgehead atoms. The highest BCUT2D eigenvalue weighted by Gasteiger charge is 2.43. The minimum absolute atomic E-state index is 0.126. The van der Waals surface area contributed by atoms with Crippen LogP contribution < -0.4 is 15.4 Å². The number of hydrogen-bond acceptors (Lipinski definition) is 5. The highest BCUT2D eigenvalue weighted by atomic mass is 16.6. The molecular weight excluding hydrogens is 458 g/mol. The summed E-state index contributed by atoms with van der Waals surface area (Å²) in [4.78, 5) is 41.1. The number of hydrogen-bond donors (Lipinski definition) is 2. The first-order valence-electron chi connectivity index (χ1n) is 11.9. The number of rotatable bonds is 8. The first kappa shape index (κ1) is 26.6. The zero-order valence-electron chi connectivity index (χ0n) is 21.3. The fourth-order valence-electron chi connectivity index (χ4n) is 3.73. The Bertz CT molecular complexity index is 1130. The predicted molar refractivity (Wildman–Crippen MR) is 137 cm³/mol. The minimum Gasteiger partial charge on any atom is -0.497 e. The number of nitrogens with zero attached hydrogens (tertiary/aromatic N) is 1. The van der Waals surface area contributed by atoms with Crippen LogP contribution in [0.3, 0.4) is 0 Å². The van der Waals surface area contributed by atoms with Gasteiger partial charge in [-0.1, -0.05) is 18.1 Å². The van der Waals surface area contributed by atoms with Crippen LogP contribution in [0.15, 0.2) is 48.5 Å². The molecule has 8 nitrogen and oxygen atoms in total. The molecule has 1 aliphatic rings. The van der Waals surface area contributed by atoms with Crippen LogP contribution in [0.5, 0.6) is 5.75 Å². The maximum Gasteiger partial charge on any atom is 0.408 e. The lowest BCUT2D eigenvalue weighted by molar-refractivity contribution is -0.141. The maximum absolute atomic E-state index is 13.6. The van der Waals surface area contributed by atoms with Gasteiger partial charge in [0.2, 0.25) is 5.91 Å². The molecule has 1 aliphatic carbocycles. The van der Waals surface area contributed by atoms with Crippen molar-refractivity contribution < 1.29 is 23.9 Å². The van der Waals surface area contributed by atoms with Crippen molar-refractivity contribution >= 4 is 23.6 Å². The Kier molecular flexibility index (Phi) is 8.25. The van der Waals surface area contributed by atoms with E-state index in [1.54, 1.807) is 88.2 Å². The van der Waals surface area contributed by atoms with E-state index in [1.165, 1.54) is 0 Å². The summed E-state index contributed by atoms with van der Waals surface area (Å²) in [6.07, 6.45) is 6.33. The molecule has 0 aliphatic heterocycles. The first-order valence-corrected chi connectivity index (χ1v) is 11.9. The molecule has 3 amide bonds. The molecular formula is C28H33N3O5. The van der Waals surface area contributed by atoms with Crippen molar-refractivity contribution in [3.05, 3.63) is 59.7 Å². The maximum atomic E-state index is 13.6. The quantitative estimate of drug-likeness (QED) is 0.538. The van der Waals surface area contributed by atoms with Gasteiger partial charge in [0.05, 0.1) is 7.11 Å². The number of alkyl carbamates (subject to hydrolysis) is 1. The van der Waals surface area contributed by atoms with Gasteiger partial charge in [-0.2, -0.15) is 0 Å². The molecule has 8 heteroatoms. The number of amides is 3. The van der Waals surface area contributed by atoms with Gasteiger partial charge in [-0.05, 0) is 82.5 Å². The number of carbonyl (C=O) groups excluding carboxylic acids is 3. The predicted octanol–water partition coefficient (Wildman–Crippen LogP) is 4.26. The lowest BCUT2D eigenvalue weighted by Gasteiger charge is -2.34. The fourth-order valence-corrected chi connectivity index (χ4v) is 3.73. The number of nitrogens with one attached hydrogen (secondary N) is 2. The number of methoxy groups -OCH3 is 1. The molecule has 2 aromatic carbocycles. The van der Waals surface area contributed by atoms with Crippen molar-refractivity contribution in [3.63, 3.8) is 0 Å². The van der Waals surface area contributed by atoms with Crippen molar-refractivity contribution in [2.24, 2.45) is 0 Å². The molecule has 0 heterocycles. The second-order valence-electron chi connectivity index (χ2n) is 9.73. The highest BCUT2D eigenvalue weighted by Crippen LogP contribution is 2.36. The van der Waals surface area contributed by atoms with Crippen molar-refractivity contribution in [2.45, 2.75) is 64.3 Å². The van der Waals surface area contributed by atoms with Crippen LogP contribution >= 0.6 is 0 Å². The Morgan fingerprint density at radius 1 is 1.06 bits per heavy atom.